The Morgan fingerprint density at radius 1 is 1.19 bits per heavy atom. The van der Waals surface area contributed by atoms with Crippen LogP contribution in [-0.4, -0.2) is 15.8 Å². The third-order valence-corrected chi connectivity index (χ3v) is 5.58. The first kappa shape index (κ1) is 13.1. The molecule has 1 aromatic carbocycles. The number of thiazole rings is 1. The molecule has 0 N–H and O–H groups in total. The Hall–Kier alpha value is -1.59. The van der Waals surface area contributed by atoms with Gasteiger partial charge in [-0.1, -0.05) is 22.0 Å². The Bertz CT molecular complexity index is 872. The zero-order valence-electron chi connectivity index (χ0n) is 11.1. The third kappa shape index (κ3) is 2.12. The Kier molecular flexibility index (Phi) is 3.12. The molecule has 0 atom stereocenters. The molecule has 0 radical (unpaired) electrons. The van der Waals surface area contributed by atoms with Gasteiger partial charge in [-0.15, -0.1) is 11.3 Å². The first-order chi connectivity index (χ1) is 10.2. The molecule has 3 nitrogen and oxygen atoms in total. The lowest BCUT2D eigenvalue weighted by atomic mass is 10.0. The van der Waals surface area contributed by atoms with Crippen LogP contribution in [0.1, 0.15) is 28.2 Å². The molecule has 2 heterocycles. The molecule has 0 unspecified atom stereocenters. The molecule has 0 bridgehead atoms. The quantitative estimate of drug-likeness (QED) is 0.636. The molecule has 0 saturated heterocycles. The van der Waals surface area contributed by atoms with E-state index < -0.39 is 0 Å². The van der Waals surface area contributed by atoms with Gasteiger partial charge in [-0.25, -0.2) is 4.98 Å². The smallest absolute Gasteiger partial charge is 0.174 e. The van der Waals surface area contributed by atoms with E-state index in [-0.39, 0.29) is 5.78 Å². The van der Waals surface area contributed by atoms with Gasteiger partial charge in [0.2, 0.25) is 0 Å². The number of hydrogen-bond acceptors (Lipinski definition) is 4. The maximum Gasteiger partial charge on any atom is 0.174 e. The third-order valence-electron chi connectivity index (χ3n) is 3.71. The fourth-order valence-corrected chi connectivity index (χ4v) is 4.25. The minimum Gasteiger partial charge on any atom is -0.293 e. The van der Waals surface area contributed by atoms with Gasteiger partial charge < -0.3 is 0 Å². The van der Waals surface area contributed by atoms with E-state index in [1.165, 1.54) is 11.3 Å². The number of benzene rings is 1. The van der Waals surface area contributed by atoms with Gasteiger partial charge >= 0.3 is 0 Å². The van der Waals surface area contributed by atoms with Gasteiger partial charge in [0.1, 0.15) is 5.01 Å². The van der Waals surface area contributed by atoms with Crippen molar-refractivity contribution in [2.45, 2.75) is 19.3 Å². The first-order valence-electron chi connectivity index (χ1n) is 6.80. The monoisotopic (exact) mass is 358 g/mol. The van der Waals surface area contributed by atoms with Gasteiger partial charge in [0, 0.05) is 28.0 Å². The van der Waals surface area contributed by atoms with E-state index in [0.29, 0.717) is 6.42 Å². The number of halogens is 1. The predicted molar refractivity (Wildman–Crippen MR) is 87.8 cm³/mol. The molecule has 3 aromatic rings. The minimum atomic E-state index is 0.231. The van der Waals surface area contributed by atoms with E-state index in [0.717, 1.165) is 49.4 Å². The molecule has 0 saturated carbocycles. The van der Waals surface area contributed by atoms with Gasteiger partial charge in [-0.3, -0.25) is 9.78 Å². The number of rotatable bonds is 1. The van der Waals surface area contributed by atoms with E-state index >= 15 is 0 Å². The normalized spacial score (nSPS) is 14.4. The summed E-state index contributed by atoms with van der Waals surface area (Å²) in [6.07, 6.45) is 4.25. The molecule has 2 aromatic heterocycles. The van der Waals surface area contributed by atoms with Crippen LogP contribution in [0.2, 0.25) is 0 Å². The summed E-state index contributed by atoms with van der Waals surface area (Å²) in [6.45, 7) is 0. The van der Waals surface area contributed by atoms with Crippen LogP contribution in [0.5, 0.6) is 0 Å². The van der Waals surface area contributed by atoms with Crippen LogP contribution in [0.25, 0.3) is 21.5 Å². The second kappa shape index (κ2) is 5.00. The number of aryl methyl sites for hydroxylation is 1. The molecule has 5 heteroatoms. The van der Waals surface area contributed by atoms with Crippen LogP contribution >= 0.6 is 27.3 Å². The zero-order chi connectivity index (χ0) is 14.4. The van der Waals surface area contributed by atoms with Crippen LogP contribution in [-0.2, 0) is 6.42 Å². The van der Waals surface area contributed by atoms with Crippen LogP contribution in [0.3, 0.4) is 0 Å². The highest BCUT2D eigenvalue weighted by atomic mass is 79.9. The largest absolute Gasteiger partial charge is 0.293 e. The average molecular weight is 359 g/mol. The van der Waals surface area contributed by atoms with Crippen LogP contribution in [0.4, 0.5) is 0 Å². The fourth-order valence-electron chi connectivity index (χ4n) is 2.69. The summed E-state index contributed by atoms with van der Waals surface area (Å²) < 4.78 is 1.02. The summed E-state index contributed by atoms with van der Waals surface area (Å²) in [5.41, 5.74) is 2.88. The lowest BCUT2D eigenvalue weighted by molar-refractivity contribution is 0.0976. The molecule has 0 fully saturated rings. The maximum absolute atomic E-state index is 12.0. The standard InChI is InChI=1S/C16H11BrN2OS/c17-11-7-6-10(14-9(11)3-2-8-18-14)16-19-12-4-1-5-13(20)15(12)21-16/h2-3,6-8H,1,4-5H2. The van der Waals surface area contributed by atoms with E-state index in [9.17, 15) is 4.79 Å². The summed E-state index contributed by atoms with van der Waals surface area (Å²) in [5, 5.41) is 1.96. The molecule has 21 heavy (non-hydrogen) atoms. The summed E-state index contributed by atoms with van der Waals surface area (Å²) >= 11 is 5.06. The van der Waals surface area contributed by atoms with Crippen molar-refractivity contribution in [3.8, 4) is 10.6 Å². The number of fused-ring (bicyclic) bond motifs is 2. The van der Waals surface area contributed by atoms with E-state index in [1.807, 2.05) is 24.3 Å². The van der Waals surface area contributed by atoms with Crippen molar-refractivity contribution in [2.24, 2.45) is 0 Å². The summed E-state index contributed by atoms with van der Waals surface area (Å²) in [4.78, 5) is 22.0. The number of hydrogen-bond donors (Lipinski definition) is 0. The summed E-state index contributed by atoms with van der Waals surface area (Å²) in [6, 6.07) is 8.00. The zero-order valence-corrected chi connectivity index (χ0v) is 13.5. The lowest BCUT2D eigenvalue weighted by Crippen LogP contribution is -2.07. The number of carbonyl (C=O) groups excluding carboxylic acids is 1. The van der Waals surface area contributed by atoms with E-state index in [4.69, 9.17) is 4.98 Å². The molecule has 0 aliphatic heterocycles. The van der Waals surface area contributed by atoms with Crippen LogP contribution in [0, 0.1) is 0 Å². The van der Waals surface area contributed by atoms with E-state index in [2.05, 4.69) is 20.9 Å². The topological polar surface area (TPSA) is 42.9 Å². The van der Waals surface area contributed by atoms with Crippen LogP contribution < -0.4 is 0 Å². The molecule has 0 amide bonds. The Morgan fingerprint density at radius 3 is 2.95 bits per heavy atom. The Labute approximate surface area is 134 Å². The van der Waals surface area contributed by atoms with Crippen molar-refractivity contribution >= 4 is 44.0 Å². The van der Waals surface area contributed by atoms with Gasteiger partial charge in [0.15, 0.2) is 5.78 Å². The molecular formula is C16H11BrN2OS. The molecular weight excluding hydrogens is 348 g/mol. The average Bonchev–Trinajstić information content (AvgIpc) is 2.93. The van der Waals surface area contributed by atoms with Gasteiger partial charge in [0.25, 0.3) is 0 Å². The van der Waals surface area contributed by atoms with Crippen LogP contribution in [0.15, 0.2) is 34.9 Å². The minimum absolute atomic E-state index is 0.231. The van der Waals surface area contributed by atoms with Gasteiger partial charge in [0.05, 0.1) is 16.1 Å². The predicted octanol–water partition coefficient (Wildman–Crippen LogP) is 4.64. The lowest BCUT2D eigenvalue weighted by Gasteiger charge is -2.06. The second-order valence-corrected chi connectivity index (χ2v) is 6.92. The number of Topliss-reactive ketones (excluding diaryl/α,β-unsaturated/α-hetero) is 1. The molecule has 104 valence electrons. The number of nitrogens with zero attached hydrogens (tertiary/aromatic N) is 2. The highest BCUT2D eigenvalue weighted by Crippen LogP contribution is 2.37. The Balaban J connectivity index is 1.95. The fraction of sp³-hybridized carbons (Fsp3) is 0.188. The number of aromatic nitrogens is 2. The van der Waals surface area contributed by atoms with Gasteiger partial charge in [-0.05, 0) is 31.0 Å². The summed E-state index contributed by atoms with van der Waals surface area (Å²) in [7, 11) is 0. The van der Waals surface area contributed by atoms with Crippen molar-refractivity contribution in [3.63, 3.8) is 0 Å². The second-order valence-electron chi connectivity index (χ2n) is 5.07. The highest BCUT2D eigenvalue weighted by Gasteiger charge is 2.23. The molecule has 1 aliphatic rings. The Morgan fingerprint density at radius 2 is 2.10 bits per heavy atom. The van der Waals surface area contributed by atoms with Crippen molar-refractivity contribution in [3.05, 3.63) is 45.5 Å². The highest BCUT2D eigenvalue weighted by molar-refractivity contribution is 9.10. The maximum atomic E-state index is 12.0. The molecule has 0 spiro atoms. The summed E-state index contributed by atoms with van der Waals surface area (Å²) in [5.74, 6) is 0.231. The first-order valence-corrected chi connectivity index (χ1v) is 8.41. The van der Waals surface area contributed by atoms with Crippen molar-refractivity contribution < 1.29 is 4.79 Å². The van der Waals surface area contributed by atoms with E-state index in [1.54, 1.807) is 6.20 Å². The van der Waals surface area contributed by atoms with Crippen molar-refractivity contribution in [1.82, 2.24) is 9.97 Å². The number of pyridine rings is 1. The number of carbonyl (C=O) groups is 1. The number of ketones is 1. The molecule has 1 aliphatic carbocycles. The van der Waals surface area contributed by atoms with Gasteiger partial charge in [-0.2, -0.15) is 0 Å². The van der Waals surface area contributed by atoms with Crippen molar-refractivity contribution in [2.75, 3.05) is 0 Å². The molecule has 4 rings (SSSR count). The SMILES string of the molecule is O=C1CCCc2nc(-c3ccc(Br)c4cccnc34)sc21. The van der Waals surface area contributed by atoms with Crippen molar-refractivity contribution in [1.29, 1.82) is 0 Å².